The monoisotopic (exact) mass is 292 g/mol. The summed E-state index contributed by atoms with van der Waals surface area (Å²) in [6, 6.07) is 9.64. The molecule has 0 saturated carbocycles. The van der Waals surface area contributed by atoms with Crippen molar-refractivity contribution in [2.45, 2.75) is 19.8 Å². The van der Waals surface area contributed by atoms with Crippen molar-refractivity contribution < 1.29 is 24.5 Å². The Balaban J connectivity index is 0.000000400. The molecular formula is C16H20O5. The van der Waals surface area contributed by atoms with Crippen LogP contribution in [0.2, 0.25) is 0 Å². The van der Waals surface area contributed by atoms with Crippen molar-refractivity contribution in [2.75, 3.05) is 6.61 Å². The minimum absolute atomic E-state index is 0.0201. The van der Waals surface area contributed by atoms with E-state index in [9.17, 15) is 9.59 Å². The Kier molecular flexibility index (Phi) is 10.1. The number of carboxylic acid groups (broad SMARTS) is 1. The Morgan fingerprint density at radius 3 is 2.38 bits per heavy atom. The third kappa shape index (κ3) is 11.1. The highest BCUT2D eigenvalue weighted by molar-refractivity contribution is 5.85. The first-order valence-corrected chi connectivity index (χ1v) is 6.38. The van der Waals surface area contributed by atoms with Crippen LogP contribution in [0.15, 0.2) is 48.7 Å². The van der Waals surface area contributed by atoms with Gasteiger partial charge in [0.1, 0.15) is 0 Å². The largest absolute Gasteiger partial charge is 0.478 e. The third-order valence-corrected chi connectivity index (χ3v) is 2.23. The Hall–Kier alpha value is -2.40. The fraction of sp³-hybridized carbons (Fsp3) is 0.250. The van der Waals surface area contributed by atoms with Gasteiger partial charge in [0.25, 0.3) is 0 Å². The molecule has 0 aromatic heterocycles. The zero-order chi connectivity index (χ0) is 16.1. The van der Waals surface area contributed by atoms with Crippen molar-refractivity contribution in [3.8, 4) is 0 Å². The van der Waals surface area contributed by atoms with Crippen LogP contribution >= 0.6 is 0 Å². The average molecular weight is 292 g/mol. The molecule has 0 spiro atoms. The summed E-state index contributed by atoms with van der Waals surface area (Å²) in [5, 5.41) is 16.5. The lowest BCUT2D eigenvalue weighted by Gasteiger charge is -1.94. The number of hydrogen-bond donors (Lipinski definition) is 2. The van der Waals surface area contributed by atoms with Crippen molar-refractivity contribution in [3.63, 3.8) is 0 Å². The number of aliphatic carboxylic acids is 1. The number of carbonyl (C=O) groups excluding carboxylic acids is 1. The second-order valence-electron chi connectivity index (χ2n) is 4.06. The van der Waals surface area contributed by atoms with Crippen molar-refractivity contribution in [1.29, 1.82) is 0 Å². The highest BCUT2D eigenvalue weighted by atomic mass is 16.5. The first-order valence-electron chi connectivity index (χ1n) is 6.38. The molecule has 1 aromatic rings. The fourth-order valence-corrected chi connectivity index (χ4v) is 1.17. The molecular weight excluding hydrogens is 272 g/mol. The molecule has 1 aromatic carbocycles. The molecule has 0 amide bonds. The summed E-state index contributed by atoms with van der Waals surface area (Å²) in [5.41, 5.74) is 1.17. The summed E-state index contributed by atoms with van der Waals surface area (Å²) in [5.74, 6) is -1.29. The van der Waals surface area contributed by atoms with E-state index in [1.807, 2.05) is 30.3 Å². The van der Waals surface area contributed by atoms with Gasteiger partial charge in [-0.15, -0.1) is 0 Å². The predicted octanol–water partition coefficient (Wildman–Crippen LogP) is 2.62. The lowest BCUT2D eigenvalue weighted by Crippen LogP contribution is -1.99. The molecule has 0 atom stereocenters. The van der Waals surface area contributed by atoms with Crippen molar-refractivity contribution >= 4 is 18.0 Å². The van der Waals surface area contributed by atoms with E-state index < -0.39 is 5.97 Å². The lowest BCUT2D eigenvalue weighted by molar-refractivity contribution is -0.135. The molecule has 0 saturated heterocycles. The number of aliphatic hydroxyl groups excluding tert-OH is 1. The Bertz CT molecular complexity index is 477. The van der Waals surface area contributed by atoms with Crippen LogP contribution in [0.3, 0.4) is 0 Å². The molecule has 21 heavy (non-hydrogen) atoms. The highest BCUT2D eigenvalue weighted by Gasteiger charge is 2.00. The third-order valence-electron chi connectivity index (χ3n) is 2.23. The maximum Gasteiger partial charge on any atom is 0.330 e. The molecule has 5 nitrogen and oxygen atoms in total. The van der Waals surface area contributed by atoms with Crippen LogP contribution in [0.4, 0.5) is 0 Å². The number of rotatable bonds is 6. The molecule has 0 aliphatic carbocycles. The van der Waals surface area contributed by atoms with Gasteiger partial charge in [-0.1, -0.05) is 36.9 Å². The smallest absolute Gasteiger partial charge is 0.330 e. The maximum absolute atomic E-state index is 10.4. The van der Waals surface area contributed by atoms with Gasteiger partial charge in [-0.25, -0.2) is 4.79 Å². The lowest BCUT2D eigenvalue weighted by atomic mass is 10.2. The van der Waals surface area contributed by atoms with Crippen LogP contribution in [-0.2, 0) is 14.3 Å². The number of benzene rings is 1. The van der Waals surface area contributed by atoms with Gasteiger partial charge >= 0.3 is 11.9 Å². The summed E-state index contributed by atoms with van der Waals surface area (Å²) in [4.78, 5) is 20.4. The number of ether oxygens (including phenoxy) is 1. The van der Waals surface area contributed by atoms with Crippen molar-refractivity contribution in [2.24, 2.45) is 0 Å². The molecule has 0 fully saturated rings. The van der Waals surface area contributed by atoms with E-state index in [0.29, 0.717) is 12.8 Å². The number of carbonyl (C=O) groups is 2. The minimum atomic E-state index is -0.983. The maximum atomic E-state index is 10.4. The number of carboxylic acids is 1. The Morgan fingerprint density at radius 1 is 1.29 bits per heavy atom. The van der Waals surface area contributed by atoms with Crippen molar-refractivity contribution in [3.05, 3.63) is 54.3 Å². The topological polar surface area (TPSA) is 83.8 Å². The number of aliphatic hydroxyl groups is 1. The molecule has 114 valence electrons. The minimum Gasteiger partial charge on any atom is -0.478 e. The van der Waals surface area contributed by atoms with Crippen LogP contribution < -0.4 is 0 Å². The van der Waals surface area contributed by atoms with E-state index in [2.05, 4.69) is 11.3 Å². The van der Waals surface area contributed by atoms with Crippen LogP contribution in [0.1, 0.15) is 25.3 Å². The van der Waals surface area contributed by atoms with E-state index in [1.54, 1.807) is 6.08 Å². The predicted molar refractivity (Wildman–Crippen MR) is 80.3 cm³/mol. The highest BCUT2D eigenvalue weighted by Crippen LogP contribution is 2.01. The summed E-state index contributed by atoms with van der Waals surface area (Å²) >= 11 is 0. The van der Waals surface area contributed by atoms with Gasteiger partial charge in [-0.05, 0) is 24.5 Å². The van der Waals surface area contributed by atoms with E-state index in [0.717, 1.165) is 5.56 Å². The second kappa shape index (κ2) is 11.4. The van der Waals surface area contributed by atoms with Gasteiger partial charge in [-0.3, -0.25) is 4.79 Å². The second-order valence-corrected chi connectivity index (χ2v) is 4.06. The van der Waals surface area contributed by atoms with E-state index in [4.69, 9.17) is 10.2 Å². The standard InChI is InChI=1S/C10H10O2.C6H10O3/c1-9(11)12-8-7-10-5-3-2-4-6-10;1-5(6(8)9)3-2-4-7/h2-8H,1H3;7H,1-4H2,(H,8,9). The normalized spacial score (nSPS) is 9.62. The Labute approximate surface area is 124 Å². The summed E-state index contributed by atoms with van der Waals surface area (Å²) in [6.07, 6.45) is 3.97. The van der Waals surface area contributed by atoms with Crippen LogP contribution in [0.25, 0.3) is 6.08 Å². The average Bonchev–Trinajstić information content (AvgIpc) is 2.46. The number of esters is 1. The number of hydrogen-bond acceptors (Lipinski definition) is 4. The Morgan fingerprint density at radius 2 is 1.90 bits per heavy atom. The molecule has 0 unspecified atom stereocenters. The molecule has 5 heteroatoms. The fourth-order valence-electron chi connectivity index (χ4n) is 1.17. The molecule has 2 N–H and O–H groups in total. The zero-order valence-corrected chi connectivity index (χ0v) is 12.0. The van der Waals surface area contributed by atoms with Crippen LogP contribution in [0.5, 0.6) is 0 Å². The summed E-state index contributed by atoms with van der Waals surface area (Å²) in [6.45, 7) is 4.67. The molecule has 0 heterocycles. The molecule has 1 rings (SSSR count). The first-order chi connectivity index (χ1) is 9.97. The van der Waals surface area contributed by atoms with Gasteiger partial charge in [-0.2, -0.15) is 0 Å². The summed E-state index contributed by atoms with van der Waals surface area (Å²) < 4.78 is 4.63. The molecule has 0 radical (unpaired) electrons. The van der Waals surface area contributed by atoms with Crippen LogP contribution in [-0.4, -0.2) is 28.8 Å². The molecule has 0 bridgehead atoms. The SMILES string of the molecule is C=C(CCCO)C(=O)O.CC(=O)OC=Cc1ccccc1. The molecule has 0 aliphatic heterocycles. The van der Waals surface area contributed by atoms with Gasteiger partial charge in [0.05, 0.1) is 6.26 Å². The van der Waals surface area contributed by atoms with E-state index in [1.165, 1.54) is 13.2 Å². The first kappa shape index (κ1) is 18.6. The van der Waals surface area contributed by atoms with Crippen LogP contribution in [0, 0.1) is 0 Å². The van der Waals surface area contributed by atoms with Gasteiger partial charge in [0.2, 0.25) is 0 Å². The van der Waals surface area contributed by atoms with E-state index in [-0.39, 0.29) is 18.1 Å². The van der Waals surface area contributed by atoms with Gasteiger partial charge in [0.15, 0.2) is 0 Å². The molecule has 0 aliphatic rings. The summed E-state index contributed by atoms with van der Waals surface area (Å²) in [7, 11) is 0. The quantitative estimate of drug-likeness (QED) is 0.478. The van der Waals surface area contributed by atoms with Gasteiger partial charge < -0.3 is 14.9 Å². The van der Waals surface area contributed by atoms with E-state index >= 15 is 0 Å². The zero-order valence-electron chi connectivity index (χ0n) is 12.0. The van der Waals surface area contributed by atoms with Crippen molar-refractivity contribution in [1.82, 2.24) is 0 Å². The van der Waals surface area contributed by atoms with Gasteiger partial charge in [0, 0.05) is 19.1 Å².